The van der Waals surface area contributed by atoms with Gasteiger partial charge < -0.3 is 9.47 Å². The van der Waals surface area contributed by atoms with Crippen molar-refractivity contribution < 1.29 is 38.3 Å². The summed E-state index contributed by atoms with van der Waals surface area (Å²) in [6.45, 7) is 40.7. The number of aryl methyl sites for hydroxylation is 5. The monoisotopic (exact) mass is 1710 g/mol. The van der Waals surface area contributed by atoms with E-state index in [0.29, 0.717) is 26.5 Å². The van der Waals surface area contributed by atoms with Crippen molar-refractivity contribution >= 4 is 153 Å². The molecule has 0 bridgehead atoms. The molecule has 7 heterocycles. The van der Waals surface area contributed by atoms with Crippen LogP contribution in [0.3, 0.4) is 0 Å². The lowest BCUT2D eigenvalue weighted by Gasteiger charge is -2.21. The van der Waals surface area contributed by atoms with Crippen LogP contribution in [-0.2, 0) is 11.9 Å². The first kappa shape index (κ1) is 90.1. The Morgan fingerprint density at radius 3 is 1.17 bits per heavy atom. The first-order valence-electron chi connectivity index (χ1n) is 35.3. The van der Waals surface area contributed by atoms with Gasteiger partial charge in [-0.2, -0.15) is 5.06 Å². The van der Waals surface area contributed by atoms with Crippen LogP contribution in [0.5, 0.6) is 11.5 Å². The van der Waals surface area contributed by atoms with Gasteiger partial charge in [-0.05, 0) is 189 Å². The minimum Gasteiger partial charge on any atom is -0.497 e. The molecule has 5 aliphatic rings. The molecule has 10 amide bonds. The SMILES string of the molecule is C=C1SN(c2ccc(Cl)cc2C)C(=O)N1C(C)C.C=C1SN(c2cccc(OC)c2)C(=O)N1C.C=C1SN(c2ccccc2C)C(=O)N1C.C=C1SN(c2ccccc2C)C(=O)N1C(C)C.C=C1SN(c2ccccc2C)C(=O)N1OC.COc1ccc(-n2sc(=O)n(C)c2=O)cc1.Cc1cccc(-n2sc(=O)n(C(C)C)c2=O)c1. The zero-order valence-electron chi connectivity index (χ0n) is 66.8. The second-order valence-electron chi connectivity index (χ2n) is 26.3. The minimum atomic E-state index is -0.333. The highest BCUT2D eigenvalue weighted by Gasteiger charge is 2.40. The lowest BCUT2D eigenvalue weighted by atomic mass is 10.2. The van der Waals surface area contributed by atoms with Crippen molar-refractivity contribution in [3.05, 3.63) is 295 Å². The van der Waals surface area contributed by atoms with E-state index >= 15 is 0 Å². The largest absolute Gasteiger partial charge is 0.497 e. The van der Waals surface area contributed by atoms with E-state index in [2.05, 4.69) is 32.9 Å². The molecule has 0 spiro atoms. The number of para-hydroxylation sites is 3. The van der Waals surface area contributed by atoms with Crippen molar-refractivity contribution in [1.82, 2.24) is 41.7 Å². The summed E-state index contributed by atoms with van der Waals surface area (Å²) in [5.41, 5.74) is 10.4. The van der Waals surface area contributed by atoms with Crippen molar-refractivity contribution in [3.63, 3.8) is 0 Å². The molecular formula is C81H91ClN14O12S7. The molecule has 606 valence electrons. The van der Waals surface area contributed by atoms with Gasteiger partial charge in [-0.25, -0.2) is 67.6 Å². The second-order valence-corrected chi connectivity index (χ2v) is 33.6. The number of urea groups is 5. The normalized spacial score (nSPS) is 14.6. The second kappa shape index (κ2) is 40.2. The van der Waals surface area contributed by atoms with Gasteiger partial charge in [0.15, 0.2) is 0 Å². The van der Waals surface area contributed by atoms with E-state index in [1.54, 1.807) is 94.9 Å². The Kier molecular flexibility index (Phi) is 31.5. The predicted octanol–water partition coefficient (Wildman–Crippen LogP) is 19.3. The maximum absolute atomic E-state index is 12.3. The summed E-state index contributed by atoms with van der Waals surface area (Å²) in [5.74, 6) is 1.44. The van der Waals surface area contributed by atoms with E-state index in [9.17, 15) is 43.2 Å². The van der Waals surface area contributed by atoms with E-state index < -0.39 is 0 Å². The van der Waals surface area contributed by atoms with E-state index in [-0.39, 0.29) is 69.4 Å². The summed E-state index contributed by atoms with van der Waals surface area (Å²) in [4.78, 5) is 118. The molecule has 0 N–H and O–H groups in total. The van der Waals surface area contributed by atoms with Crippen molar-refractivity contribution in [2.45, 2.75) is 94.3 Å². The summed E-state index contributed by atoms with van der Waals surface area (Å²) in [6.07, 6.45) is 0. The van der Waals surface area contributed by atoms with Crippen molar-refractivity contribution in [3.8, 4) is 22.9 Å². The Bertz CT molecular complexity index is 5410. The van der Waals surface area contributed by atoms with Crippen LogP contribution in [0.15, 0.2) is 241 Å². The Morgan fingerprint density at radius 2 is 0.783 bits per heavy atom. The third kappa shape index (κ3) is 21.4. The van der Waals surface area contributed by atoms with E-state index in [4.69, 9.17) is 25.9 Å². The number of carbonyl (C=O) groups excluding carboxylic acids is 5. The lowest BCUT2D eigenvalue weighted by Crippen LogP contribution is -2.35. The molecule has 34 heteroatoms. The zero-order chi connectivity index (χ0) is 84.7. The summed E-state index contributed by atoms with van der Waals surface area (Å²) in [6, 6.07) is 50.5. The van der Waals surface area contributed by atoms with Gasteiger partial charge in [-0.15, -0.1) is 0 Å². The first-order chi connectivity index (χ1) is 54.5. The molecular weight excluding hydrogens is 1620 g/mol. The van der Waals surface area contributed by atoms with Crippen LogP contribution < -0.4 is 52.1 Å². The number of halogens is 1. The topological polar surface area (TPSA) is 233 Å². The van der Waals surface area contributed by atoms with Crippen LogP contribution in [0.4, 0.5) is 52.4 Å². The number of anilines is 5. The van der Waals surface area contributed by atoms with Crippen LogP contribution in [-0.4, -0.2) is 119 Å². The average molecular weight is 1710 g/mol. The molecule has 0 saturated carbocycles. The smallest absolute Gasteiger partial charge is 0.364 e. The highest BCUT2D eigenvalue weighted by atomic mass is 35.5. The number of amides is 10. The van der Waals surface area contributed by atoms with E-state index in [1.807, 2.05) is 210 Å². The molecule has 115 heavy (non-hydrogen) atoms. The molecule has 2 aromatic heterocycles. The zero-order valence-corrected chi connectivity index (χ0v) is 73.2. The standard InChI is InChI=1S/C13H15ClN2OS.C13H16N2OS.C12H14N2O2S.2C11H12N2O2S.C11H12N2OS.C10H10N2O3S/c1-8(2)15-10(4)18-16(13(15)17)12-6-5-11(14)7-9(12)3;1-9(2)14-11(4)17-15(13(14)16)12-8-6-5-7-10(12)3;1-8(2)13-11(15)14(17-12(13)16)10-6-4-5-9(3)7-10;1-8-12(2)11(14)13(16-8)9-5-4-6-10(7-9)15-3;1-8-6-4-5-7-10(8)13-11(14)12(15-3)9(2)16-13;1-8-6-4-5-7-10(8)13-11(14)12(3)9(2)15-13;1-11-9(13)12(16-10(11)14)7-3-5-8(15-2)6-4-7/h5-8H,4H2,1-3H3;5-9H,4H2,1-3H3;4-8H,1-3H3;4-7H,1H2,2-3H3;4-7H,2H2,1,3H3;4-7H,2H2,1,3H3;3-6H,1-2H3. The van der Waals surface area contributed by atoms with Crippen molar-refractivity contribution in [2.75, 3.05) is 57.0 Å². The number of nitrogens with zero attached hydrogens (tertiary/aromatic N) is 14. The van der Waals surface area contributed by atoms with Crippen molar-refractivity contribution in [2.24, 2.45) is 7.05 Å². The van der Waals surface area contributed by atoms with Gasteiger partial charge in [-0.3, -0.25) is 38.6 Å². The molecule has 9 aromatic rings. The Balaban J connectivity index is 0.000000168. The molecule has 0 unspecified atom stereocenters. The maximum Gasteiger partial charge on any atom is 0.364 e. The van der Waals surface area contributed by atoms with Crippen LogP contribution >= 0.6 is 94.4 Å². The molecule has 5 saturated heterocycles. The lowest BCUT2D eigenvalue weighted by molar-refractivity contribution is -0.0420. The summed E-state index contributed by atoms with van der Waals surface area (Å²) in [7, 11) is 9.52. The number of carbonyl (C=O) groups is 5. The van der Waals surface area contributed by atoms with E-state index in [1.165, 1.54) is 96.3 Å². The number of hydrogen-bond donors (Lipinski definition) is 0. The third-order valence-electron chi connectivity index (χ3n) is 17.1. The quantitative estimate of drug-likeness (QED) is 0.0976. The van der Waals surface area contributed by atoms with E-state index in [0.717, 1.165) is 110 Å². The fourth-order valence-corrected chi connectivity index (χ4v) is 17.6. The predicted molar refractivity (Wildman–Crippen MR) is 475 cm³/mol. The Labute approximate surface area is 703 Å². The number of rotatable bonds is 13. The average Bonchev–Trinajstić information content (AvgIpc) is 1.62. The fourth-order valence-electron chi connectivity index (χ4n) is 10.9. The minimum absolute atomic E-state index is 0.00991. The van der Waals surface area contributed by atoms with Gasteiger partial charge in [-0.1, -0.05) is 117 Å². The van der Waals surface area contributed by atoms with Gasteiger partial charge in [0.05, 0.1) is 81.3 Å². The summed E-state index contributed by atoms with van der Waals surface area (Å²) >= 11 is 14.4. The Morgan fingerprint density at radius 1 is 0.365 bits per heavy atom. The maximum atomic E-state index is 12.3. The molecule has 0 radical (unpaired) electrons. The third-order valence-corrected chi connectivity index (χ3v) is 24.1. The van der Waals surface area contributed by atoms with Gasteiger partial charge >= 0.3 is 51.3 Å². The number of methoxy groups -OCH3 is 2. The molecule has 5 aliphatic heterocycles. The van der Waals surface area contributed by atoms with Gasteiger partial charge in [0.25, 0.3) is 0 Å². The molecule has 0 atom stereocenters. The molecule has 0 aliphatic carbocycles. The summed E-state index contributed by atoms with van der Waals surface area (Å²) in [5, 5.41) is 5.42. The van der Waals surface area contributed by atoms with Crippen LogP contribution in [0.2, 0.25) is 5.02 Å². The Hall–Kier alpha value is -10.5. The van der Waals surface area contributed by atoms with Gasteiger partial charge in [0.1, 0.15) is 16.5 Å². The van der Waals surface area contributed by atoms with Crippen LogP contribution in [0.25, 0.3) is 11.4 Å². The highest BCUT2D eigenvalue weighted by molar-refractivity contribution is 8.06. The van der Waals surface area contributed by atoms with Gasteiger partial charge in [0.2, 0.25) is 0 Å². The van der Waals surface area contributed by atoms with Crippen LogP contribution in [0, 0.1) is 34.6 Å². The molecule has 5 fully saturated rings. The number of hydrogen-bond acceptors (Lipinski definition) is 19. The number of aromatic nitrogens is 4. The number of benzene rings is 7. The molecule has 7 aromatic carbocycles. The fraction of sp³-hybridized carbons (Fsp3) is 0.247. The van der Waals surface area contributed by atoms with Crippen LogP contribution in [0.1, 0.15) is 75.4 Å². The summed E-state index contributed by atoms with van der Waals surface area (Å²) < 4.78 is 23.5. The highest BCUT2D eigenvalue weighted by Crippen LogP contribution is 2.44. The molecule has 26 nitrogen and oxygen atoms in total. The first-order valence-corrected chi connectivity index (χ1v) is 41.1. The van der Waals surface area contributed by atoms with Crippen molar-refractivity contribution in [1.29, 1.82) is 0 Å². The number of ether oxygens (including phenoxy) is 2. The van der Waals surface area contributed by atoms with Gasteiger partial charge in [0, 0.05) is 133 Å². The number of hydroxylamine groups is 2. The molecule has 14 rings (SSSR count).